The monoisotopic (exact) mass is 477 g/mol. The Morgan fingerprint density at radius 3 is 2.25 bits per heavy atom. The van der Waals surface area contributed by atoms with E-state index >= 15 is 0 Å². The van der Waals surface area contributed by atoms with Crippen LogP contribution < -0.4 is 4.90 Å². The second kappa shape index (κ2) is 9.26. The van der Waals surface area contributed by atoms with Crippen molar-refractivity contribution in [3.8, 4) is 16.8 Å². The molecule has 1 fully saturated rings. The van der Waals surface area contributed by atoms with Crippen LogP contribution in [0.3, 0.4) is 0 Å². The maximum atomic E-state index is 13.6. The van der Waals surface area contributed by atoms with Crippen LogP contribution in [0.4, 0.5) is 10.2 Å². The summed E-state index contributed by atoms with van der Waals surface area (Å²) in [7, 11) is 0. The zero-order valence-corrected chi connectivity index (χ0v) is 19.6. The van der Waals surface area contributed by atoms with Crippen LogP contribution in [0.1, 0.15) is 10.4 Å². The smallest absolute Gasteiger partial charge is 0.254 e. The zero-order valence-electron chi connectivity index (χ0n) is 19.6. The van der Waals surface area contributed by atoms with Crippen LogP contribution >= 0.6 is 0 Å². The molecule has 7 heteroatoms. The van der Waals surface area contributed by atoms with Crippen molar-refractivity contribution in [3.63, 3.8) is 0 Å². The molecule has 0 N–H and O–H groups in total. The number of halogens is 1. The minimum Gasteiger partial charge on any atom is -0.352 e. The molecule has 1 aliphatic rings. The lowest BCUT2D eigenvalue weighted by molar-refractivity contribution is 0.0746. The lowest BCUT2D eigenvalue weighted by atomic mass is 10.1. The Morgan fingerprint density at radius 2 is 1.53 bits per heavy atom. The Hall–Kier alpha value is -4.52. The number of hydrogen-bond donors (Lipinski definition) is 0. The lowest BCUT2D eigenvalue weighted by Gasteiger charge is -2.35. The molecular weight excluding hydrogens is 453 g/mol. The molecule has 0 spiro atoms. The van der Waals surface area contributed by atoms with Crippen LogP contribution in [0, 0.1) is 5.82 Å². The van der Waals surface area contributed by atoms with Gasteiger partial charge >= 0.3 is 0 Å². The molecule has 1 amide bonds. The first-order chi connectivity index (χ1) is 17.7. The van der Waals surface area contributed by atoms with Crippen LogP contribution in [0.2, 0.25) is 0 Å². The molecule has 36 heavy (non-hydrogen) atoms. The van der Waals surface area contributed by atoms with E-state index in [4.69, 9.17) is 4.98 Å². The fraction of sp³-hybridized carbons (Fsp3) is 0.138. The highest BCUT2D eigenvalue weighted by atomic mass is 19.1. The highest BCUT2D eigenvalue weighted by Gasteiger charge is 2.26. The number of aromatic nitrogens is 3. The number of amides is 1. The van der Waals surface area contributed by atoms with Crippen molar-refractivity contribution in [1.82, 2.24) is 19.4 Å². The van der Waals surface area contributed by atoms with Gasteiger partial charge in [-0.2, -0.15) is 0 Å². The molecule has 2 aromatic heterocycles. The number of benzene rings is 3. The molecule has 0 radical (unpaired) electrons. The maximum absolute atomic E-state index is 13.6. The van der Waals surface area contributed by atoms with Crippen LogP contribution in [0.25, 0.3) is 27.8 Å². The summed E-state index contributed by atoms with van der Waals surface area (Å²) in [5.74, 6) is 0.299. The van der Waals surface area contributed by atoms with Crippen LogP contribution in [0.5, 0.6) is 0 Å². The van der Waals surface area contributed by atoms with Crippen LogP contribution in [0.15, 0.2) is 97.5 Å². The van der Waals surface area contributed by atoms with Crippen molar-refractivity contribution >= 4 is 22.8 Å². The Balaban J connectivity index is 1.37. The van der Waals surface area contributed by atoms with Gasteiger partial charge in [-0.1, -0.05) is 54.6 Å². The average Bonchev–Trinajstić information content (AvgIpc) is 3.34. The van der Waals surface area contributed by atoms with Gasteiger partial charge in [0.2, 0.25) is 0 Å². The molecule has 1 aliphatic heterocycles. The quantitative estimate of drug-likeness (QED) is 0.358. The van der Waals surface area contributed by atoms with Gasteiger partial charge in [0.15, 0.2) is 5.65 Å². The lowest BCUT2D eigenvalue weighted by Crippen LogP contribution is -2.49. The molecule has 0 unspecified atom stereocenters. The summed E-state index contributed by atoms with van der Waals surface area (Å²) in [6.07, 6.45) is 3.73. The summed E-state index contributed by atoms with van der Waals surface area (Å²) < 4.78 is 15.7. The Bertz CT molecular complexity index is 1530. The van der Waals surface area contributed by atoms with E-state index in [2.05, 4.69) is 44.9 Å². The molecule has 0 atom stereocenters. The summed E-state index contributed by atoms with van der Waals surface area (Å²) in [5.41, 5.74) is 4.39. The molecule has 6 rings (SSSR count). The van der Waals surface area contributed by atoms with Crippen molar-refractivity contribution in [1.29, 1.82) is 0 Å². The molecule has 5 aromatic rings. The fourth-order valence-corrected chi connectivity index (χ4v) is 4.83. The third kappa shape index (κ3) is 3.98. The summed E-state index contributed by atoms with van der Waals surface area (Å²) >= 11 is 0. The van der Waals surface area contributed by atoms with Gasteiger partial charge in [0.05, 0.1) is 5.39 Å². The van der Waals surface area contributed by atoms with Crippen molar-refractivity contribution in [2.45, 2.75) is 0 Å². The Kier molecular flexibility index (Phi) is 5.65. The van der Waals surface area contributed by atoms with E-state index < -0.39 is 5.82 Å². The normalized spacial score (nSPS) is 13.8. The number of anilines is 1. The number of hydrogen-bond acceptors (Lipinski definition) is 4. The van der Waals surface area contributed by atoms with Crippen LogP contribution in [-0.2, 0) is 0 Å². The molecule has 3 aromatic carbocycles. The zero-order chi connectivity index (χ0) is 24.5. The number of para-hydroxylation sites is 1. The minimum absolute atomic E-state index is 0.151. The number of nitrogens with zero attached hydrogens (tertiary/aromatic N) is 5. The first-order valence-corrected chi connectivity index (χ1v) is 12.0. The van der Waals surface area contributed by atoms with Gasteiger partial charge in [0, 0.05) is 49.2 Å². The number of carbonyl (C=O) groups is 1. The predicted molar refractivity (Wildman–Crippen MR) is 139 cm³/mol. The van der Waals surface area contributed by atoms with E-state index in [0.717, 1.165) is 33.7 Å². The van der Waals surface area contributed by atoms with E-state index in [0.29, 0.717) is 31.7 Å². The third-order valence-corrected chi connectivity index (χ3v) is 6.62. The van der Waals surface area contributed by atoms with Crippen molar-refractivity contribution in [2.24, 2.45) is 0 Å². The van der Waals surface area contributed by atoms with E-state index in [-0.39, 0.29) is 5.91 Å². The molecular formula is C29H24FN5O. The van der Waals surface area contributed by atoms with Gasteiger partial charge in [-0.15, -0.1) is 0 Å². The second-order valence-corrected chi connectivity index (χ2v) is 8.80. The van der Waals surface area contributed by atoms with Gasteiger partial charge in [-0.3, -0.25) is 4.79 Å². The predicted octanol–water partition coefficient (Wildman–Crippen LogP) is 5.19. The molecule has 0 bridgehead atoms. The first-order valence-electron chi connectivity index (χ1n) is 12.0. The SMILES string of the molecule is O=C(c1cccc(F)c1)N1CCN(c2ncnc3c2c(-c2ccccc2)cn3-c2ccccc2)CC1. The van der Waals surface area contributed by atoms with Gasteiger partial charge in [0.25, 0.3) is 5.91 Å². The van der Waals surface area contributed by atoms with E-state index in [1.54, 1.807) is 23.4 Å². The third-order valence-electron chi connectivity index (χ3n) is 6.62. The summed E-state index contributed by atoms with van der Waals surface area (Å²) in [5, 5.41) is 0.984. The number of piperazine rings is 1. The average molecular weight is 478 g/mol. The Morgan fingerprint density at radius 1 is 0.806 bits per heavy atom. The summed E-state index contributed by atoms with van der Waals surface area (Å²) in [6, 6.07) is 26.3. The fourth-order valence-electron chi connectivity index (χ4n) is 4.83. The number of carbonyl (C=O) groups excluding carboxylic acids is 1. The van der Waals surface area contributed by atoms with Crippen molar-refractivity contribution < 1.29 is 9.18 Å². The minimum atomic E-state index is -0.403. The van der Waals surface area contributed by atoms with Gasteiger partial charge in [-0.25, -0.2) is 14.4 Å². The van der Waals surface area contributed by atoms with Gasteiger partial charge < -0.3 is 14.4 Å². The van der Waals surface area contributed by atoms with Crippen molar-refractivity contribution in [3.05, 3.63) is 109 Å². The van der Waals surface area contributed by atoms with E-state index in [1.165, 1.54) is 12.1 Å². The van der Waals surface area contributed by atoms with E-state index in [1.807, 2.05) is 36.4 Å². The molecule has 0 aliphatic carbocycles. The van der Waals surface area contributed by atoms with Crippen molar-refractivity contribution in [2.75, 3.05) is 31.1 Å². The van der Waals surface area contributed by atoms with Gasteiger partial charge in [-0.05, 0) is 35.9 Å². The molecule has 6 nitrogen and oxygen atoms in total. The molecule has 178 valence electrons. The number of fused-ring (bicyclic) bond motifs is 1. The topological polar surface area (TPSA) is 54.3 Å². The second-order valence-electron chi connectivity index (χ2n) is 8.80. The summed E-state index contributed by atoms with van der Waals surface area (Å²) in [6.45, 7) is 2.30. The number of rotatable bonds is 4. The van der Waals surface area contributed by atoms with E-state index in [9.17, 15) is 9.18 Å². The molecule has 0 saturated carbocycles. The highest BCUT2D eigenvalue weighted by molar-refractivity contribution is 6.02. The molecule has 3 heterocycles. The standard InChI is InChI=1S/C29H24FN5O/c30-23-11-7-10-22(18-23)29(36)34-16-14-33(15-17-34)27-26-25(21-8-3-1-4-9-21)19-35(28(26)32-20-31-27)24-12-5-2-6-13-24/h1-13,18-20H,14-17H2. The van der Waals surface area contributed by atoms with Crippen LogP contribution in [-0.4, -0.2) is 51.5 Å². The maximum Gasteiger partial charge on any atom is 0.254 e. The Labute approximate surface area is 208 Å². The summed E-state index contributed by atoms with van der Waals surface area (Å²) in [4.78, 5) is 26.3. The van der Waals surface area contributed by atoms with Gasteiger partial charge in [0.1, 0.15) is 18.0 Å². The first kappa shape index (κ1) is 22.0. The highest BCUT2D eigenvalue weighted by Crippen LogP contribution is 2.37. The molecule has 1 saturated heterocycles. The largest absolute Gasteiger partial charge is 0.352 e.